The molecule has 1 atom stereocenters. The third-order valence-corrected chi connectivity index (χ3v) is 3.70. The fourth-order valence-electron chi connectivity index (χ4n) is 2.23. The Balaban J connectivity index is 1.76. The predicted octanol–water partition coefficient (Wildman–Crippen LogP) is 2.60. The lowest BCUT2D eigenvalue weighted by atomic mass is 10.1. The molecule has 1 unspecified atom stereocenters. The Morgan fingerprint density at radius 2 is 1.68 bits per heavy atom. The number of amides is 1. The molecule has 0 spiro atoms. The van der Waals surface area contributed by atoms with Gasteiger partial charge in [0, 0.05) is 18.2 Å². The number of carbonyl (C=O) groups is 1. The highest BCUT2D eigenvalue weighted by molar-refractivity contribution is 5.92. The summed E-state index contributed by atoms with van der Waals surface area (Å²) in [7, 11) is 0. The average molecular weight is 298 g/mol. The van der Waals surface area contributed by atoms with Crippen LogP contribution in [0.25, 0.3) is 0 Å². The van der Waals surface area contributed by atoms with Gasteiger partial charge in [0.05, 0.1) is 0 Å². The number of benzene rings is 2. The van der Waals surface area contributed by atoms with Crippen LogP contribution in [0.15, 0.2) is 48.5 Å². The molecule has 0 radical (unpaired) electrons. The first-order valence-electron chi connectivity index (χ1n) is 7.44. The Kier molecular flexibility index (Phi) is 5.55. The number of nitrogens with one attached hydrogen (secondary N) is 1. The zero-order valence-electron chi connectivity index (χ0n) is 12.8. The Labute approximate surface area is 131 Å². The SMILES string of the molecule is CC(CCc1ccc(O)cc1)NCc1ccc(C(N)=O)cc1. The van der Waals surface area contributed by atoms with Crippen LogP contribution in [0.5, 0.6) is 5.75 Å². The second-order valence-electron chi connectivity index (χ2n) is 5.55. The van der Waals surface area contributed by atoms with Crippen molar-refractivity contribution in [2.24, 2.45) is 5.73 Å². The number of hydrogen-bond donors (Lipinski definition) is 3. The fourth-order valence-corrected chi connectivity index (χ4v) is 2.23. The minimum absolute atomic E-state index is 0.300. The van der Waals surface area contributed by atoms with Gasteiger partial charge in [0.1, 0.15) is 5.75 Å². The molecule has 22 heavy (non-hydrogen) atoms. The number of rotatable bonds is 7. The molecule has 0 saturated heterocycles. The van der Waals surface area contributed by atoms with Gasteiger partial charge < -0.3 is 16.2 Å². The van der Waals surface area contributed by atoms with Gasteiger partial charge >= 0.3 is 0 Å². The second kappa shape index (κ2) is 7.61. The van der Waals surface area contributed by atoms with Gasteiger partial charge in [-0.3, -0.25) is 4.79 Å². The first kappa shape index (κ1) is 16.0. The van der Waals surface area contributed by atoms with Crippen molar-refractivity contribution in [3.8, 4) is 5.75 Å². The standard InChI is InChI=1S/C18H22N2O2/c1-13(2-3-14-6-10-17(21)11-7-14)20-12-15-4-8-16(9-5-15)18(19)22/h4-11,13,20-21H,2-3,12H2,1H3,(H2,19,22). The zero-order valence-corrected chi connectivity index (χ0v) is 12.8. The highest BCUT2D eigenvalue weighted by Gasteiger charge is 2.04. The maximum Gasteiger partial charge on any atom is 0.248 e. The third-order valence-electron chi connectivity index (χ3n) is 3.70. The van der Waals surface area contributed by atoms with Gasteiger partial charge in [0.2, 0.25) is 5.91 Å². The van der Waals surface area contributed by atoms with E-state index in [0.29, 0.717) is 17.4 Å². The van der Waals surface area contributed by atoms with E-state index in [2.05, 4.69) is 12.2 Å². The lowest BCUT2D eigenvalue weighted by Crippen LogP contribution is -2.26. The quantitative estimate of drug-likeness (QED) is 0.735. The summed E-state index contributed by atoms with van der Waals surface area (Å²) in [4.78, 5) is 11.0. The Hall–Kier alpha value is -2.33. The zero-order chi connectivity index (χ0) is 15.9. The van der Waals surface area contributed by atoms with Crippen molar-refractivity contribution in [3.05, 3.63) is 65.2 Å². The van der Waals surface area contributed by atoms with E-state index in [1.54, 1.807) is 24.3 Å². The molecule has 0 bridgehead atoms. The highest BCUT2D eigenvalue weighted by atomic mass is 16.3. The van der Waals surface area contributed by atoms with Crippen LogP contribution in [-0.2, 0) is 13.0 Å². The summed E-state index contributed by atoms with van der Waals surface area (Å²) in [5, 5.41) is 12.7. The lowest BCUT2D eigenvalue weighted by Gasteiger charge is -2.14. The van der Waals surface area contributed by atoms with Crippen molar-refractivity contribution in [1.82, 2.24) is 5.32 Å². The molecule has 0 aliphatic heterocycles. The van der Waals surface area contributed by atoms with Gasteiger partial charge in [-0.05, 0) is 55.2 Å². The summed E-state index contributed by atoms with van der Waals surface area (Å²) < 4.78 is 0. The van der Waals surface area contributed by atoms with Crippen LogP contribution in [0.3, 0.4) is 0 Å². The molecule has 0 saturated carbocycles. The maximum absolute atomic E-state index is 11.0. The lowest BCUT2D eigenvalue weighted by molar-refractivity contribution is 0.100. The molecule has 4 heteroatoms. The minimum atomic E-state index is -0.401. The molecular weight excluding hydrogens is 276 g/mol. The molecule has 0 fully saturated rings. The van der Waals surface area contributed by atoms with Crippen LogP contribution >= 0.6 is 0 Å². The fraction of sp³-hybridized carbons (Fsp3) is 0.278. The molecule has 0 aliphatic carbocycles. The molecule has 4 nitrogen and oxygen atoms in total. The van der Waals surface area contributed by atoms with Crippen molar-refractivity contribution in [2.75, 3.05) is 0 Å². The van der Waals surface area contributed by atoms with Crippen LogP contribution in [-0.4, -0.2) is 17.1 Å². The Bertz CT molecular complexity index is 606. The summed E-state index contributed by atoms with van der Waals surface area (Å²) in [5.41, 5.74) is 8.10. The maximum atomic E-state index is 11.0. The van der Waals surface area contributed by atoms with Gasteiger partial charge in [0.25, 0.3) is 0 Å². The number of primary amides is 1. The summed E-state index contributed by atoms with van der Waals surface area (Å²) in [6.07, 6.45) is 1.99. The first-order valence-corrected chi connectivity index (χ1v) is 7.44. The number of aryl methyl sites for hydroxylation is 1. The minimum Gasteiger partial charge on any atom is -0.508 e. The largest absolute Gasteiger partial charge is 0.508 e. The molecule has 2 aromatic rings. The molecule has 116 valence electrons. The molecule has 0 aromatic heterocycles. The molecule has 0 heterocycles. The third kappa shape index (κ3) is 4.90. The van der Waals surface area contributed by atoms with Crippen LogP contribution in [0.4, 0.5) is 0 Å². The number of nitrogens with two attached hydrogens (primary N) is 1. The van der Waals surface area contributed by atoms with Gasteiger partial charge in [-0.1, -0.05) is 24.3 Å². The van der Waals surface area contributed by atoms with Crippen LogP contribution in [0.1, 0.15) is 34.8 Å². The number of hydrogen-bond acceptors (Lipinski definition) is 3. The van der Waals surface area contributed by atoms with E-state index in [-0.39, 0.29) is 0 Å². The van der Waals surface area contributed by atoms with Gasteiger partial charge in [-0.15, -0.1) is 0 Å². The molecular formula is C18H22N2O2. The van der Waals surface area contributed by atoms with Gasteiger partial charge in [-0.25, -0.2) is 0 Å². The van der Waals surface area contributed by atoms with E-state index in [1.807, 2.05) is 24.3 Å². The number of phenols is 1. The van der Waals surface area contributed by atoms with Gasteiger partial charge in [-0.2, -0.15) is 0 Å². The molecule has 2 rings (SSSR count). The van der Waals surface area contributed by atoms with Crippen LogP contribution in [0.2, 0.25) is 0 Å². The van der Waals surface area contributed by atoms with Crippen molar-refractivity contribution in [3.63, 3.8) is 0 Å². The van der Waals surface area contributed by atoms with E-state index >= 15 is 0 Å². The molecule has 0 aliphatic rings. The Morgan fingerprint density at radius 1 is 1.09 bits per heavy atom. The van der Waals surface area contributed by atoms with Crippen molar-refractivity contribution >= 4 is 5.91 Å². The van der Waals surface area contributed by atoms with E-state index in [1.165, 1.54) is 5.56 Å². The van der Waals surface area contributed by atoms with Gasteiger partial charge in [0.15, 0.2) is 0 Å². The van der Waals surface area contributed by atoms with Crippen LogP contribution < -0.4 is 11.1 Å². The second-order valence-corrected chi connectivity index (χ2v) is 5.55. The summed E-state index contributed by atoms with van der Waals surface area (Å²) in [6, 6.07) is 15.0. The summed E-state index contributed by atoms with van der Waals surface area (Å²) in [5.74, 6) is -0.101. The van der Waals surface area contributed by atoms with Crippen molar-refractivity contribution < 1.29 is 9.90 Å². The van der Waals surface area contributed by atoms with E-state index in [4.69, 9.17) is 5.73 Å². The monoisotopic (exact) mass is 298 g/mol. The predicted molar refractivity (Wildman–Crippen MR) is 87.7 cm³/mol. The topological polar surface area (TPSA) is 75.3 Å². The number of aromatic hydroxyl groups is 1. The molecule has 1 amide bonds. The van der Waals surface area contributed by atoms with Crippen LogP contribution in [0, 0.1) is 0 Å². The normalized spacial score (nSPS) is 12.0. The molecule has 4 N–H and O–H groups in total. The Morgan fingerprint density at radius 3 is 2.27 bits per heavy atom. The van der Waals surface area contributed by atoms with E-state index in [0.717, 1.165) is 24.9 Å². The van der Waals surface area contributed by atoms with E-state index < -0.39 is 5.91 Å². The summed E-state index contributed by atoms with van der Waals surface area (Å²) >= 11 is 0. The van der Waals surface area contributed by atoms with Crippen molar-refractivity contribution in [1.29, 1.82) is 0 Å². The summed E-state index contributed by atoms with van der Waals surface area (Å²) in [6.45, 7) is 2.91. The number of phenolic OH excluding ortho intramolecular Hbond substituents is 1. The smallest absolute Gasteiger partial charge is 0.248 e. The average Bonchev–Trinajstić information content (AvgIpc) is 2.52. The van der Waals surface area contributed by atoms with Crippen molar-refractivity contribution in [2.45, 2.75) is 32.4 Å². The first-order chi connectivity index (χ1) is 10.5. The highest BCUT2D eigenvalue weighted by Crippen LogP contribution is 2.12. The van der Waals surface area contributed by atoms with E-state index in [9.17, 15) is 9.90 Å². The molecule has 2 aromatic carbocycles. The number of carbonyl (C=O) groups excluding carboxylic acids is 1.